The lowest BCUT2D eigenvalue weighted by molar-refractivity contribution is 0.0487. The lowest BCUT2D eigenvalue weighted by Crippen LogP contribution is -2.08. The van der Waals surface area contributed by atoms with E-state index in [1.165, 1.54) is 89.9 Å². The quantitative estimate of drug-likeness (QED) is 0.103. The Labute approximate surface area is 258 Å². The van der Waals surface area contributed by atoms with E-state index < -0.39 is 0 Å². The summed E-state index contributed by atoms with van der Waals surface area (Å²) in [7, 11) is 0. The molecule has 0 amide bonds. The number of benzene rings is 2. The molecular weight excluding hydrogens is 520 g/mol. The number of hydrogen-bond acceptors (Lipinski definition) is 4. The standard InChI is InChI=1S/C20H32O2.C18H28O2/c1-3-4-5-6-7-8-9-10-11-14-17-22-20(21)19-16-13-12-15-18(19)2;1-3-4-5-6-7-8-9-12-15-20-18(19)17-14-11-10-13-16(17)2/h12-13,15-16H,3-11,14,17H2,1-2H3;10-11,13-14H,3-9,12,15H2,1-2H3. The summed E-state index contributed by atoms with van der Waals surface area (Å²) in [5.74, 6) is -0.375. The van der Waals surface area contributed by atoms with Crippen molar-refractivity contribution < 1.29 is 19.1 Å². The van der Waals surface area contributed by atoms with E-state index in [4.69, 9.17) is 9.47 Å². The number of carbonyl (C=O) groups is 2. The maximum absolute atomic E-state index is 11.9. The Balaban J connectivity index is 0.000000422. The Hall–Kier alpha value is -2.62. The van der Waals surface area contributed by atoms with Crippen LogP contribution >= 0.6 is 0 Å². The van der Waals surface area contributed by atoms with E-state index in [2.05, 4.69) is 13.8 Å². The van der Waals surface area contributed by atoms with E-state index in [1.807, 2.05) is 62.4 Å². The third kappa shape index (κ3) is 18.7. The van der Waals surface area contributed by atoms with E-state index >= 15 is 0 Å². The number of carbonyl (C=O) groups excluding carboxylic acids is 2. The molecule has 0 bridgehead atoms. The van der Waals surface area contributed by atoms with Crippen molar-refractivity contribution in [2.24, 2.45) is 0 Å². The number of ether oxygens (including phenoxy) is 2. The fraction of sp³-hybridized carbons (Fsp3) is 0.632. The van der Waals surface area contributed by atoms with Crippen LogP contribution in [-0.2, 0) is 9.47 Å². The number of unbranched alkanes of at least 4 members (excludes halogenated alkanes) is 16. The molecule has 236 valence electrons. The third-order valence-corrected chi connectivity index (χ3v) is 7.69. The van der Waals surface area contributed by atoms with Gasteiger partial charge in [0.25, 0.3) is 0 Å². The second kappa shape index (κ2) is 26.0. The molecule has 0 spiro atoms. The monoisotopic (exact) mass is 580 g/mol. The molecule has 42 heavy (non-hydrogen) atoms. The van der Waals surface area contributed by atoms with Crippen molar-refractivity contribution in [3.63, 3.8) is 0 Å². The van der Waals surface area contributed by atoms with Crippen LogP contribution in [0.15, 0.2) is 48.5 Å². The van der Waals surface area contributed by atoms with Crippen molar-refractivity contribution in [1.82, 2.24) is 0 Å². The van der Waals surface area contributed by atoms with Gasteiger partial charge in [-0.1, -0.05) is 153 Å². The average molecular weight is 581 g/mol. The Kier molecular flexibility index (Phi) is 23.2. The molecule has 0 saturated heterocycles. The molecule has 4 heteroatoms. The van der Waals surface area contributed by atoms with Crippen LogP contribution in [0.2, 0.25) is 0 Å². The highest BCUT2D eigenvalue weighted by Crippen LogP contribution is 2.13. The molecule has 0 fully saturated rings. The van der Waals surface area contributed by atoms with Crippen molar-refractivity contribution in [3.8, 4) is 0 Å². The molecule has 0 N–H and O–H groups in total. The van der Waals surface area contributed by atoms with Crippen LogP contribution < -0.4 is 0 Å². The summed E-state index contributed by atoms with van der Waals surface area (Å²) in [5, 5.41) is 0. The fourth-order valence-electron chi connectivity index (χ4n) is 4.91. The van der Waals surface area contributed by atoms with E-state index in [0.29, 0.717) is 24.3 Å². The van der Waals surface area contributed by atoms with Gasteiger partial charge >= 0.3 is 11.9 Å². The SMILES string of the molecule is CCCCCCCCCCCCOC(=O)c1ccccc1C.CCCCCCCCCCOC(=O)c1ccccc1C. The molecule has 2 aromatic rings. The average Bonchev–Trinajstić information content (AvgIpc) is 2.99. The van der Waals surface area contributed by atoms with E-state index in [9.17, 15) is 9.59 Å². The van der Waals surface area contributed by atoms with Gasteiger partial charge in [0, 0.05) is 0 Å². The number of rotatable bonds is 22. The highest BCUT2D eigenvalue weighted by Gasteiger charge is 2.09. The minimum absolute atomic E-state index is 0.186. The van der Waals surface area contributed by atoms with E-state index in [-0.39, 0.29) is 11.9 Å². The van der Waals surface area contributed by atoms with Gasteiger partial charge in [0.1, 0.15) is 0 Å². The maximum Gasteiger partial charge on any atom is 0.338 e. The van der Waals surface area contributed by atoms with Gasteiger partial charge in [-0.2, -0.15) is 0 Å². The third-order valence-electron chi connectivity index (χ3n) is 7.69. The first-order valence-electron chi connectivity index (χ1n) is 17.0. The summed E-state index contributed by atoms with van der Waals surface area (Å²) < 4.78 is 10.7. The van der Waals surface area contributed by atoms with Crippen LogP contribution in [-0.4, -0.2) is 25.2 Å². The highest BCUT2D eigenvalue weighted by atomic mass is 16.5. The van der Waals surface area contributed by atoms with Gasteiger partial charge in [0.15, 0.2) is 0 Å². The maximum atomic E-state index is 11.9. The van der Waals surface area contributed by atoms with Crippen LogP contribution in [0.1, 0.15) is 161 Å². The van der Waals surface area contributed by atoms with Gasteiger partial charge in [-0.05, 0) is 49.9 Å². The smallest absolute Gasteiger partial charge is 0.338 e. The zero-order chi connectivity index (χ0) is 30.7. The summed E-state index contributed by atoms with van der Waals surface area (Å²) in [6, 6.07) is 15.2. The summed E-state index contributed by atoms with van der Waals surface area (Å²) >= 11 is 0. The molecule has 0 aliphatic carbocycles. The van der Waals surface area contributed by atoms with Gasteiger partial charge in [-0.25, -0.2) is 9.59 Å². The van der Waals surface area contributed by atoms with Gasteiger partial charge in [0.05, 0.1) is 24.3 Å². The summed E-state index contributed by atoms with van der Waals surface area (Å²) in [6.07, 6.45) is 23.0. The lowest BCUT2D eigenvalue weighted by Gasteiger charge is -2.07. The van der Waals surface area contributed by atoms with Crippen molar-refractivity contribution in [2.75, 3.05) is 13.2 Å². The summed E-state index contributed by atoms with van der Waals surface area (Å²) in [6.45, 7) is 9.46. The molecule has 0 radical (unpaired) electrons. The Bertz CT molecular complexity index is 952. The second-order valence-electron chi connectivity index (χ2n) is 11.6. The molecule has 0 unspecified atom stereocenters. The topological polar surface area (TPSA) is 52.6 Å². The van der Waals surface area contributed by atoms with Crippen LogP contribution in [0.3, 0.4) is 0 Å². The molecule has 2 rings (SSSR count). The molecule has 0 saturated carbocycles. The van der Waals surface area contributed by atoms with E-state index in [0.717, 1.165) is 36.8 Å². The molecular formula is C38H60O4. The summed E-state index contributed by atoms with van der Waals surface area (Å²) in [4.78, 5) is 23.8. The minimum Gasteiger partial charge on any atom is -0.462 e. The van der Waals surface area contributed by atoms with Crippen LogP contribution in [0.4, 0.5) is 0 Å². The van der Waals surface area contributed by atoms with Crippen LogP contribution in [0.25, 0.3) is 0 Å². The Morgan fingerprint density at radius 2 is 0.738 bits per heavy atom. The van der Waals surface area contributed by atoms with Gasteiger partial charge in [-0.15, -0.1) is 0 Å². The van der Waals surface area contributed by atoms with Gasteiger partial charge in [-0.3, -0.25) is 0 Å². The first kappa shape index (κ1) is 37.4. The predicted octanol–water partition coefficient (Wildman–Crippen LogP) is 11.4. The van der Waals surface area contributed by atoms with Crippen molar-refractivity contribution >= 4 is 11.9 Å². The largest absolute Gasteiger partial charge is 0.462 e. The minimum atomic E-state index is -0.189. The molecule has 0 aliphatic heterocycles. The molecule has 0 aromatic heterocycles. The molecule has 0 atom stereocenters. The summed E-state index contributed by atoms with van der Waals surface area (Å²) in [5.41, 5.74) is 3.34. The van der Waals surface area contributed by atoms with Gasteiger partial charge in [0.2, 0.25) is 0 Å². The van der Waals surface area contributed by atoms with Gasteiger partial charge < -0.3 is 9.47 Å². The number of esters is 2. The number of hydrogen-bond donors (Lipinski definition) is 0. The zero-order valence-electron chi connectivity index (χ0n) is 27.4. The Morgan fingerprint density at radius 1 is 0.452 bits per heavy atom. The normalized spacial score (nSPS) is 10.6. The molecule has 4 nitrogen and oxygen atoms in total. The van der Waals surface area contributed by atoms with Crippen LogP contribution in [0, 0.1) is 13.8 Å². The first-order chi connectivity index (χ1) is 20.5. The van der Waals surface area contributed by atoms with Crippen molar-refractivity contribution in [3.05, 3.63) is 70.8 Å². The zero-order valence-corrected chi connectivity index (χ0v) is 27.4. The molecule has 2 aromatic carbocycles. The second-order valence-corrected chi connectivity index (χ2v) is 11.6. The van der Waals surface area contributed by atoms with Crippen LogP contribution in [0.5, 0.6) is 0 Å². The predicted molar refractivity (Wildman–Crippen MR) is 177 cm³/mol. The van der Waals surface area contributed by atoms with E-state index in [1.54, 1.807) is 0 Å². The highest BCUT2D eigenvalue weighted by molar-refractivity contribution is 5.91. The number of aryl methyl sites for hydroxylation is 2. The van der Waals surface area contributed by atoms with Crippen molar-refractivity contribution in [1.29, 1.82) is 0 Å². The lowest BCUT2D eigenvalue weighted by atomic mass is 10.1. The Morgan fingerprint density at radius 3 is 1.05 bits per heavy atom. The first-order valence-corrected chi connectivity index (χ1v) is 17.0. The molecule has 0 heterocycles. The van der Waals surface area contributed by atoms with Crippen molar-refractivity contribution in [2.45, 2.75) is 143 Å². The fourth-order valence-corrected chi connectivity index (χ4v) is 4.91. The molecule has 0 aliphatic rings.